The SMILES string of the molecule is COc1cc(C)c(S(=O)(=O)N(C)CC(=O)NCC(=O)N(C)Cc2ccc(OCC3CCCN3C)cc2)c(C)c1. The number of likely N-dealkylation sites (tertiary alicyclic amines) is 1. The van der Waals surface area contributed by atoms with Gasteiger partial charge in [0.25, 0.3) is 0 Å². The fourth-order valence-electron chi connectivity index (χ4n) is 4.68. The molecule has 214 valence electrons. The number of nitrogens with zero attached hydrogens (tertiary/aromatic N) is 3. The second kappa shape index (κ2) is 13.3. The Morgan fingerprint density at radius 1 is 1.08 bits per heavy atom. The summed E-state index contributed by atoms with van der Waals surface area (Å²) in [5, 5.41) is 2.53. The Morgan fingerprint density at radius 2 is 1.72 bits per heavy atom. The monoisotopic (exact) mass is 560 g/mol. The highest BCUT2D eigenvalue weighted by Gasteiger charge is 2.27. The van der Waals surface area contributed by atoms with Crippen LogP contribution in [0.25, 0.3) is 0 Å². The molecule has 1 aliphatic heterocycles. The van der Waals surface area contributed by atoms with Gasteiger partial charge in [-0.05, 0) is 81.2 Å². The fourth-order valence-corrected chi connectivity index (χ4v) is 6.21. The van der Waals surface area contributed by atoms with E-state index in [1.807, 2.05) is 24.3 Å². The summed E-state index contributed by atoms with van der Waals surface area (Å²) >= 11 is 0. The van der Waals surface area contributed by atoms with Crippen LogP contribution in [-0.4, -0.2) is 94.9 Å². The van der Waals surface area contributed by atoms with Crippen LogP contribution >= 0.6 is 0 Å². The van der Waals surface area contributed by atoms with Gasteiger partial charge in [-0.1, -0.05) is 12.1 Å². The lowest BCUT2D eigenvalue weighted by Gasteiger charge is -2.21. The number of rotatable bonds is 12. The van der Waals surface area contributed by atoms with Gasteiger partial charge in [0.2, 0.25) is 21.8 Å². The number of carbonyl (C=O) groups is 2. The van der Waals surface area contributed by atoms with Crippen molar-refractivity contribution in [3.63, 3.8) is 0 Å². The molecule has 1 unspecified atom stereocenters. The minimum absolute atomic E-state index is 0.136. The molecular weight excluding hydrogens is 520 g/mol. The third-order valence-corrected chi connectivity index (χ3v) is 9.13. The predicted molar refractivity (Wildman–Crippen MR) is 149 cm³/mol. The van der Waals surface area contributed by atoms with Crippen molar-refractivity contribution in [1.82, 2.24) is 19.4 Å². The number of benzene rings is 2. The van der Waals surface area contributed by atoms with Gasteiger partial charge >= 0.3 is 0 Å². The van der Waals surface area contributed by atoms with Crippen LogP contribution in [0.15, 0.2) is 41.3 Å². The molecule has 1 saturated heterocycles. The lowest BCUT2D eigenvalue weighted by Crippen LogP contribution is -2.43. The largest absolute Gasteiger partial charge is 0.497 e. The number of sulfonamides is 1. The first-order chi connectivity index (χ1) is 18.4. The minimum atomic E-state index is -3.92. The van der Waals surface area contributed by atoms with E-state index in [0.29, 0.717) is 36.1 Å². The van der Waals surface area contributed by atoms with E-state index >= 15 is 0 Å². The molecule has 2 aromatic carbocycles. The average Bonchev–Trinajstić information content (AvgIpc) is 3.30. The quantitative estimate of drug-likeness (QED) is 0.424. The fraction of sp³-hybridized carbons (Fsp3) is 0.500. The zero-order chi connectivity index (χ0) is 28.7. The van der Waals surface area contributed by atoms with Crippen molar-refractivity contribution < 1.29 is 27.5 Å². The Bertz CT molecular complexity index is 1240. The highest BCUT2D eigenvalue weighted by Crippen LogP contribution is 2.27. The average molecular weight is 561 g/mol. The van der Waals surface area contributed by atoms with Crippen molar-refractivity contribution in [2.75, 3.05) is 54.5 Å². The van der Waals surface area contributed by atoms with Crippen LogP contribution < -0.4 is 14.8 Å². The molecule has 10 nitrogen and oxygen atoms in total. The zero-order valence-corrected chi connectivity index (χ0v) is 24.5. The number of hydrogen-bond acceptors (Lipinski definition) is 7. The maximum Gasteiger partial charge on any atom is 0.243 e. The molecule has 1 N–H and O–H groups in total. The summed E-state index contributed by atoms with van der Waals surface area (Å²) in [6.45, 7) is 4.84. The van der Waals surface area contributed by atoms with Crippen LogP contribution in [-0.2, 0) is 26.2 Å². The topological polar surface area (TPSA) is 108 Å². The molecule has 0 spiro atoms. The second-order valence-electron chi connectivity index (χ2n) is 10.1. The predicted octanol–water partition coefficient (Wildman–Crippen LogP) is 2.18. The lowest BCUT2D eigenvalue weighted by molar-refractivity contribution is -0.132. The van der Waals surface area contributed by atoms with E-state index in [0.717, 1.165) is 28.6 Å². The minimum Gasteiger partial charge on any atom is -0.497 e. The molecule has 1 aliphatic rings. The van der Waals surface area contributed by atoms with E-state index < -0.39 is 22.5 Å². The molecule has 0 aromatic heterocycles. The van der Waals surface area contributed by atoms with Gasteiger partial charge in [-0.25, -0.2) is 8.42 Å². The lowest BCUT2D eigenvalue weighted by atomic mass is 10.1. The van der Waals surface area contributed by atoms with E-state index in [2.05, 4.69) is 17.3 Å². The van der Waals surface area contributed by atoms with Crippen molar-refractivity contribution in [3.8, 4) is 11.5 Å². The van der Waals surface area contributed by atoms with Crippen molar-refractivity contribution >= 4 is 21.8 Å². The summed E-state index contributed by atoms with van der Waals surface area (Å²) in [6.07, 6.45) is 2.34. The number of ether oxygens (including phenoxy) is 2. The number of aryl methyl sites for hydroxylation is 2. The summed E-state index contributed by atoms with van der Waals surface area (Å²) in [7, 11) is 2.70. The number of hydrogen-bond donors (Lipinski definition) is 1. The molecule has 2 aromatic rings. The van der Waals surface area contributed by atoms with Gasteiger partial charge in [-0.15, -0.1) is 0 Å². The highest BCUT2D eigenvalue weighted by atomic mass is 32.2. The van der Waals surface area contributed by atoms with E-state index in [4.69, 9.17) is 9.47 Å². The van der Waals surface area contributed by atoms with Crippen LogP contribution in [0.2, 0.25) is 0 Å². The van der Waals surface area contributed by atoms with E-state index in [1.165, 1.54) is 25.5 Å². The van der Waals surface area contributed by atoms with Crippen LogP contribution in [0.5, 0.6) is 11.5 Å². The van der Waals surface area contributed by atoms with Gasteiger partial charge in [-0.2, -0.15) is 4.31 Å². The van der Waals surface area contributed by atoms with Gasteiger partial charge in [-0.3, -0.25) is 9.59 Å². The summed E-state index contributed by atoms with van der Waals surface area (Å²) in [5.41, 5.74) is 1.98. The summed E-state index contributed by atoms with van der Waals surface area (Å²) < 4.78 is 38.3. The van der Waals surface area contributed by atoms with Gasteiger partial charge in [0.1, 0.15) is 18.1 Å². The standard InChI is InChI=1S/C28H40N4O6S/c1-20-14-25(37-6)15-21(2)28(20)39(35,36)32(5)18-26(33)29-16-27(34)31(4)17-22-9-11-24(12-10-22)38-19-23-8-7-13-30(23)3/h9-12,14-15,23H,7-8,13,16-19H2,1-6H3,(H,29,33). The molecule has 1 atom stereocenters. The Hall–Kier alpha value is -3.15. The van der Waals surface area contributed by atoms with Crippen LogP contribution in [0.3, 0.4) is 0 Å². The van der Waals surface area contributed by atoms with Crippen LogP contribution in [0.4, 0.5) is 0 Å². The Kier molecular flexibility index (Phi) is 10.3. The van der Waals surface area contributed by atoms with E-state index in [9.17, 15) is 18.0 Å². The number of nitrogens with one attached hydrogen (secondary N) is 1. The molecule has 1 heterocycles. The number of amides is 2. The zero-order valence-electron chi connectivity index (χ0n) is 23.7. The van der Waals surface area contributed by atoms with Gasteiger partial charge in [0.15, 0.2) is 0 Å². The molecule has 39 heavy (non-hydrogen) atoms. The number of carbonyl (C=O) groups excluding carboxylic acids is 2. The number of likely N-dealkylation sites (N-methyl/N-ethyl adjacent to an activating group) is 3. The molecule has 0 saturated carbocycles. The maximum atomic E-state index is 13.1. The van der Waals surface area contributed by atoms with E-state index in [-0.39, 0.29) is 17.3 Å². The molecular formula is C28H40N4O6S. The van der Waals surface area contributed by atoms with Gasteiger partial charge < -0.3 is 24.6 Å². The molecule has 11 heteroatoms. The molecule has 2 amide bonds. The van der Waals surface area contributed by atoms with Crippen molar-refractivity contribution in [3.05, 3.63) is 53.1 Å². The maximum absolute atomic E-state index is 13.1. The van der Waals surface area contributed by atoms with E-state index in [1.54, 1.807) is 33.0 Å². The van der Waals surface area contributed by atoms with Crippen molar-refractivity contribution in [2.45, 2.75) is 44.2 Å². The summed E-state index contributed by atoms with van der Waals surface area (Å²) in [4.78, 5) is 29.0. The summed E-state index contributed by atoms with van der Waals surface area (Å²) in [6, 6.07) is 11.3. The second-order valence-corrected chi connectivity index (χ2v) is 12.1. The summed E-state index contributed by atoms with van der Waals surface area (Å²) in [5.74, 6) is 0.490. The molecule has 0 bridgehead atoms. The van der Waals surface area contributed by atoms with Gasteiger partial charge in [0.05, 0.1) is 25.1 Å². The van der Waals surface area contributed by atoms with Crippen LogP contribution in [0.1, 0.15) is 29.5 Å². The Balaban J connectivity index is 1.47. The highest BCUT2D eigenvalue weighted by molar-refractivity contribution is 7.89. The first-order valence-corrected chi connectivity index (χ1v) is 14.4. The Labute approximate surface area is 231 Å². The number of methoxy groups -OCH3 is 1. The molecule has 0 aliphatic carbocycles. The normalized spacial score (nSPS) is 15.8. The third-order valence-electron chi connectivity index (χ3n) is 7.02. The molecule has 0 radical (unpaired) electrons. The molecule has 3 rings (SSSR count). The third kappa shape index (κ3) is 7.93. The Morgan fingerprint density at radius 3 is 2.28 bits per heavy atom. The first-order valence-electron chi connectivity index (χ1n) is 13.0. The first kappa shape index (κ1) is 30.4. The van der Waals surface area contributed by atoms with Gasteiger partial charge in [0, 0.05) is 26.7 Å². The smallest absolute Gasteiger partial charge is 0.243 e. The molecule has 1 fully saturated rings. The van der Waals surface area contributed by atoms with Crippen molar-refractivity contribution in [1.29, 1.82) is 0 Å². The van der Waals surface area contributed by atoms with Crippen molar-refractivity contribution in [2.24, 2.45) is 0 Å². The van der Waals surface area contributed by atoms with Crippen LogP contribution in [0, 0.1) is 13.8 Å².